The summed E-state index contributed by atoms with van der Waals surface area (Å²) < 4.78 is 11.5. The van der Waals surface area contributed by atoms with E-state index in [1.165, 1.54) is 5.56 Å². The number of rotatable bonds is 2. The number of hydrogen-bond donors (Lipinski definition) is 2. The summed E-state index contributed by atoms with van der Waals surface area (Å²) in [4.78, 5) is 12.7. The first-order chi connectivity index (χ1) is 12.0. The Morgan fingerprint density at radius 3 is 2.36 bits per heavy atom. The van der Waals surface area contributed by atoms with Crippen LogP contribution in [0.1, 0.15) is 27.8 Å². The van der Waals surface area contributed by atoms with Gasteiger partial charge in [-0.15, -0.1) is 0 Å². The summed E-state index contributed by atoms with van der Waals surface area (Å²) in [5, 5.41) is 6.00. The molecule has 0 fully saturated rings. The molecule has 4 rings (SSSR count). The van der Waals surface area contributed by atoms with Crippen LogP contribution in [0.4, 0.5) is 16.2 Å². The molecule has 2 aromatic rings. The molecular weight excluding hydrogens is 316 g/mol. The van der Waals surface area contributed by atoms with Gasteiger partial charge in [0.2, 0.25) is 0 Å². The number of carbonyl (C=O) groups is 1. The number of carbonyl (C=O) groups excluding carboxylic acids is 1. The summed E-state index contributed by atoms with van der Waals surface area (Å²) in [6.07, 6.45) is 1.63. The van der Waals surface area contributed by atoms with Crippen molar-refractivity contribution in [3.63, 3.8) is 0 Å². The van der Waals surface area contributed by atoms with Crippen molar-refractivity contribution in [3.05, 3.63) is 46.0 Å². The minimum atomic E-state index is -0.256. The molecule has 2 heterocycles. The topological polar surface area (TPSA) is 59.6 Å². The van der Waals surface area contributed by atoms with Gasteiger partial charge in [-0.3, -0.25) is 0 Å². The molecule has 2 N–H and O–H groups in total. The molecule has 130 valence electrons. The fourth-order valence-corrected chi connectivity index (χ4v) is 3.75. The monoisotopic (exact) mass is 338 g/mol. The summed E-state index contributed by atoms with van der Waals surface area (Å²) in [6, 6.07) is 5.92. The lowest BCUT2D eigenvalue weighted by atomic mass is 10.0. The number of nitrogens with one attached hydrogen (secondary N) is 2. The average Bonchev–Trinajstić information content (AvgIpc) is 3.19. The zero-order chi connectivity index (χ0) is 17.6. The molecule has 0 bridgehead atoms. The largest absolute Gasteiger partial charge is 0.493 e. The lowest BCUT2D eigenvalue weighted by Crippen LogP contribution is -2.21. The molecule has 0 spiro atoms. The van der Waals surface area contributed by atoms with Crippen LogP contribution in [0.5, 0.6) is 11.5 Å². The Morgan fingerprint density at radius 1 is 0.920 bits per heavy atom. The molecule has 0 aliphatic carbocycles. The smallest absolute Gasteiger partial charge is 0.323 e. The third kappa shape index (κ3) is 2.80. The lowest BCUT2D eigenvalue weighted by Gasteiger charge is -2.16. The number of hydrogen-bond acceptors (Lipinski definition) is 3. The van der Waals surface area contributed by atoms with Gasteiger partial charge < -0.3 is 20.1 Å². The predicted molar refractivity (Wildman–Crippen MR) is 98.1 cm³/mol. The van der Waals surface area contributed by atoms with E-state index in [0.717, 1.165) is 58.0 Å². The van der Waals surface area contributed by atoms with Crippen LogP contribution in [-0.4, -0.2) is 19.2 Å². The fourth-order valence-electron chi connectivity index (χ4n) is 3.75. The van der Waals surface area contributed by atoms with Crippen LogP contribution in [0.25, 0.3) is 0 Å². The number of amides is 2. The standard InChI is InChI=1S/C20H22N2O3/c1-11-8-12(2)17(13(3)9-11)21-20(23)22-18-15-5-7-24-16(15)10-14-4-6-25-19(14)18/h8-10H,4-7H2,1-3H3,(H2,21,22,23). The Balaban J connectivity index is 1.63. The highest BCUT2D eigenvalue weighted by Gasteiger charge is 2.27. The molecule has 5 nitrogen and oxygen atoms in total. The second-order valence-electron chi connectivity index (χ2n) is 6.77. The van der Waals surface area contributed by atoms with Gasteiger partial charge in [0.25, 0.3) is 0 Å². The van der Waals surface area contributed by atoms with Crippen LogP contribution >= 0.6 is 0 Å². The zero-order valence-corrected chi connectivity index (χ0v) is 14.8. The molecule has 0 atom stereocenters. The van der Waals surface area contributed by atoms with Crippen LogP contribution < -0.4 is 20.1 Å². The quantitative estimate of drug-likeness (QED) is 0.866. The van der Waals surface area contributed by atoms with Crippen molar-refractivity contribution in [2.45, 2.75) is 33.6 Å². The van der Waals surface area contributed by atoms with Crippen molar-refractivity contribution in [1.82, 2.24) is 0 Å². The molecule has 0 saturated carbocycles. The van der Waals surface area contributed by atoms with E-state index in [0.29, 0.717) is 13.2 Å². The van der Waals surface area contributed by atoms with Crippen molar-refractivity contribution in [1.29, 1.82) is 0 Å². The molecule has 2 aliphatic heterocycles. The highest BCUT2D eigenvalue weighted by atomic mass is 16.5. The SMILES string of the molecule is Cc1cc(C)c(NC(=O)Nc2c3c(cc4c2OCC4)OCC3)c(C)c1. The summed E-state index contributed by atoms with van der Waals surface area (Å²) >= 11 is 0. The van der Waals surface area contributed by atoms with Crippen LogP contribution in [0.15, 0.2) is 18.2 Å². The summed E-state index contributed by atoms with van der Waals surface area (Å²) in [5.74, 6) is 1.65. The fraction of sp³-hybridized carbons (Fsp3) is 0.350. The Labute approximate surface area is 147 Å². The number of aryl methyl sites for hydroxylation is 3. The maximum atomic E-state index is 12.7. The predicted octanol–water partition coefficient (Wildman–Crippen LogP) is 4.13. The number of fused-ring (bicyclic) bond motifs is 2. The third-order valence-corrected chi connectivity index (χ3v) is 4.80. The van der Waals surface area contributed by atoms with Gasteiger partial charge in [-0.05, 0) is 38.0 Å². The van der Waals surface area contributed by atoms with E-state index < -0.39 is 0 Å². The van der Waals surface area contributed by atoms with Crippen LogP contribution in [0.3, 0.4) is 0 Å². The van der Waals surface area contributed by atoms with Crippen molar-refractivity contribution < 1.29 is 14.3 Å². The van der Waals surface area contributed by atoms with Gasteiger partial charge in [0.05, 0.1) is 18.9 Å². The average molecular weight is 338 g/mol. The maximum Gasteiger partial charge on any atom is 0.323 e. The Hall–Kier alpha value is -2.69. The van der Waals surface area contributed by atoms with E-state index in [1.807, 2.05) is 19.9 Å². The van der Waals surface area contributed by atoms with Gasteiger partial charge in [-0.25, -0.2) is 4.79 Å². The number of benzene rings is 2. The van der Waals surface area contributed by atoms with Gasteiger partial charge in [-0.1, -0.05) is 17.7 Å². The summed E-state index contributed by atoms with van der Waals surface area (Å²) in [7, 11) is 0. The molecule has 25 heavy (non-hydrogen) atoms. The van der Waals surface area contributed by atoms with E-state index in [1.54, 1.807) is 0 Å². The van der Waals surface area contributed by atoms with E-state index in [9.17, 15) is 4.79 Å². The molecule has 2 aromatic carbocycles. The van der Waals surface area contributed by atoms with E-state index >= 15 is 0 Å². The number of anilines is 2. The number of urea groups is 1. The maximum absolute atomic E-state index is 12.7. The number of ether oxygens (including phenoxy) is 2. The molecular formula is C20H22N2O3. The highest BCUT2D eigenvalue weighted by Crippen LogP contribution is 2.44. The summed E-state index contributed by atoms with van der Waals surface area (Å²) in [5.41, 5.74) is 7.01. The Morgan fingerprint density at radius 2 is 1.60 bits per heavy atom. The molecule has 5 heteroatoms. The van der Waals surface area contributed by atoms with Crippen molar-refractivity contribution >= 4 is 17.4 Å². The molecule has 0 aromatic heterocycles. The Bertz CT molecular complexity index is 818. The second-order valence-corrected chi connectivity index (χ2v) is 6.77. The van der Waals surface area contributed by atoms with E-state index in [-0.39, 0.29) is 6.03 Å². The lowest BCUT2D eigenvalue weighted by molar-refractivity contribution is 0.262. The Kier molecular flexibility index (Phi) is 3.79. The molecule has 0 radical (unpaired) electrons. The normalized spacial score (nSPS) is 14.4. The van der Waals surface area contributed by atoms with Crippen LogP contribution in [-0.2, 0) is 12.8 Å². The van der Waals surface area contributed by atoms with Crippen molar-refractivity contribution in [3.8, 4) is 11.5 Å². The first-order valence-electron chi connectivity index (χ1n) is 8.63. The minimum Gasteiger partial charge on any atom is -0.493 e. The van der Waals surface area contributed by atoms with Gasteiger partial charge in [-0.2, -0.15) is 0 Å². The molecule has 0 unspecified atom stereocenters. The van der Waals surface area contributed by atoms with Crippen LogP contribution in [0, 0.1) is 20.8 Å². The van der Waals surface area contributed by atoms with E-state index in [2.05, 4.69) is 29.7 Å². The molecule has 2 aliphatic rings. The van der Waals surface area contributed by atoms with E-state index in [4.69, 9.17) is 9.47 Å². The molecule has 0 saturated heterocycles. The minimum absolute atomic E-state index is 0.256. The summed E-state index contributed by atoms with van der Waals surface area (Å²) in [6.45, 7) is 7.35. The van der Waals surface area contributed by atoms with Gasteiger partial charge >= 0.3 is 6.03 Å². The zero-order valence-electron chi connectivity index (χ0n) is 14.8. The first kappa shape index (κ1) is 15.8. The third-order valence-electron chi connectivity index (χ3n) is 4.80. The van der Waals surface area contributed by atoms with Crippen LogP contribution in [0.2, 0.25) is 0 Å². The van der Waals surface area contributed by atoms with Crippen molar-refractivity contribution in [2.24, 2.45) is 0 Å². The van der Waals surface area contributed by atoms with Gasteiger partial charge in [0.1, 0.15) is 11.5 Å². The highest BCUT2D eigenvalue weighted by molar-refractivity contribution is 6.02. The van der Waals surface area contributed by atoms with Gasteiger partial charge in [0, 0.05) is 29.7 Å². The first-order valence-corrected chi connectivity index (χ1v) is 8.63. The molecule has 2 amide bonds. The second kappa shape index (κ2) is 5.99. The van der Waals surface area contributed by atoms with Gasteiger partial charge in [0.15, 0.2) is 0 Å². The van der Waals surface area contributed by atoms with Crippen molar-refractivity contribution in [2.75, 3.05) is 23.8 Å².